The van der Waals surface area contributed by atoms with Crippen LogP contribution in [0.2, 0.25) is 0 Å². The summed E-state index contributed by atoms with van der Waals surface area (Å²) in [7, 11) is 0. The lowest BCUT2D eigenvalue weighted by molar-refractivity contribution is 0.480. The maximum Gasteiger partial charge on any atom is 0.0419 e. The first-order valence-corrected chi connectivity index (χ1v) is 6.93. The van der Waals surface area contributed by atoms with Crippen LogP contribution < -0.4 is 5.73 Å². The van der Waals surface area contributed by atoms with Gasteiger partial charge < -0.3 is 5.73 Å². The van der Waals surface area contributed by atoms with Gasteiger partial charge in [0, 0.05) is 24.4 Å². The van der Waals surface area contributed by atoms with E-state index in [9.17, 15) is 0 Å². The van der Waals surface area contributed by atoms with Crippen molar-refractivity contribution < 1.29 is 0 Å². The van der Waals surface area contributed by atoms with E-state index in [0.29, 0.717) is 6.04 Å². The van der Waals surface area contributed by atoms with Gasteiger partial charge in [0.1, 0.15) is 0 Å². The van der Waals surface area contributed by atoms with Crippen LogP contribution in [-0.4, -0.2) is 11.0 Å². The molecule has 3 rings (SSSR count). The fraction of sp³-hybridized carbons (Fsp3) is 0.667. The summed E-state index contributed by atoms with van der Waals surface area (Å²) in [6, 6.07) is 4.59. The third-order valence-corrected chi connectivity index (χ3v) is 4.63. The van der Waals surface area contributed by atoms with Gasteiger partial charge >= 0.3 is 0 Å². The Hall–Kier alpha value is -0.890. The van der Waals surface area contributed by atoms with E-state index in [2.05, 4.69) is 24.0 Å². The van der Waals surface area contributed by atoms with E-state index in [4.69, 9.17) is 5.73 Å². The second kappa shape index (κ2) is 4.41. The Kier molecular flexibility index (Phi) is 2.91. The molecule has 2 aliphatic carbocycles. The van der Waals surface area contributed by atoms with Crippen LogP contribution in [0.4, 0.5) is 0 Å². The Bertz CT molecular complexity index is 372. The molecular weight excluding hydrogens is 208 g/mol. The minimum Gasteiger partial charge on any atom is -0.327 e. The number of nitrogens with two attached hydrogens (primary N) is 1. The van der Waals surface area contributed by atoms with Crippen molar-refractivity contribution in [2.45, 2.75) is 45.1 Å². The Labute approximate surface area is 104 Å². The highest BCUT2D eigenvalue weighted by Gasteiger charge is 2.52. The third kappa shape index (κ3) is 2.23. The van der Waals surface area contributed by atoms with Gasteiger partial charge in [-0.25, -0.2) is 0 Å². The molecule has 3 atom stereocenters. The normalized spacial score (nSPS) is 32.9. The van der Waals surface area contributed by atoms with E-state index in [0.717, 1.165) is 29.9 Å². The fourth-order valence-electron chi connectivity index (χ4n) is 3.68. The predicted molar refractivity (Wildman–Crippen MR) is 69.6 cm³/mol. The smallest absolute Gasteiger partial charge is 0.0419 e. The van der Waals surface area contributed by atoms with Crippen LogP contribution in [0.15, 0.2) is 18.3 Å². The zero-order chi connectivity index (χ0) is 11.8. The molecule has 1 aromatic heterocycles. The van der Waals surface area contributed by atoms with Gasteiger partial charge in [-0.15, -0.1) is 0 Å². The highest BCUT2D eigenvalue weighted by molar-refractivity contribution is 5.15. The van der Waals surface area contributed by atoms with Crippen LogP contribution >= 0.6 is 0 Å². The number of fused-ring (bicyclic) bond motifs is 1. The lowest BCUT2D eigenvalue weighted by Gasteiger charge is -2.11. The molecule has 17 heavy (non-hydrogen) atoms. The second-order valence-corrected chi connectivity index (χ2v) is 5.88. The topological polar surface area (TPSA) is 38.9 Å². The van der Waals surface area contributed by atoms with Crippen LogP contribution in [-0.2, 0) is 6.42 Å². The van der Waals surface area contributed by atoms with Gasteiger partial charge in [-0.2, -0.15) is 0 Å². The molecule has 92 valence electrons. The number of aromatic nitrogens is 1. The fourth-order valence-corrected chi connectivity index (χ4v) is 3.68. The molecule has 2 fully saturated rings. The number of hydrogen-bond donors (Lipinski definition) is 1. The molecular formula is C15H22N2. The summed E-state index contributed by atoms with van der Waals surface area (Å²) < 4.78 is 0. The van der Waals surface area contributed by atoms with Crippen LogP contribution in [0.25, 0.3) is 0 Å². The largest absolute Gasteiger partial charge is 0.327 e. The van der Waals surface area contributed by atoms with Gasteiger partial charge in [-0.1, -0.05) is 18.9 Å². The molecule has 2 N–H and O–H groups in total. The molecule has 0 amide bonds. The summed E-state index contributed by atoms with van der Waals surface area (Å²) in [6.07, 6.45) is 8.59. The minimum atomic E-state index is 0.332. The van der Waals surface area contributed by atoms with Crippen molar-refractivity contribution in [2.24, 2.45) is 23.5 Å². The first-order chi connectivity index (χ1) is 8.25. The number of pyridine rings is 1. The Morgan fingerprint density at radius 1 is 1.29 bits per heavy atom. The van der Waals surface area contributed by atoms with E-state index in [1.165, 1.54) is 31.2 Å². The van der Waals surface area contributed by atoms with Crippen LogP contribution in [0.5, 0.6) is 0 Å². The maximum absolute atomic E-state index is 6.37. The monoisotopic (exact) mass is 230 g/mol. The molecule has 1 aromatic rings. The summed E-state index contributed by atoms with van der Waals surface area (Å²) in [6.45, 7) is 2.08. The SMILES string of the molecule is Cc1ccc(CC(N)C2C3CCCCC32)nc1. The summed E-state index contributed by atoms with van der Waals surface area (Å²) in [5.74, 6) is 2.69. The number of rotatable bonds is 3. The Balaban J connectivity index is 1.60. The molecule has 0 bridgehead atoms. The van der Waals surface area contributed by atoms with Crippen molar-refractivity contribution >= 4 is 0 Å². The molecule has 0 aliphatic heterocycles. The molecule has 1 heterocycles. The van der Waals surface area contributed by atoms with Crippen molar-refractivity contribution in [2.75, 3.05) is 0 Å². The number of hydrogen-bond acceptors (Lipinski definition) is 2. The van der Waals surface area contributed by atoms with E-state index in [1.54, 1.807) is 0 Å². The zero-order valence-electron chi connectivity index (χ0n) is 10.6. The highest BCUT2D eigenvalue weighted by atomic mass is 14.8. The minimum absolute atomic E-state index is 0.332. The maximum atomic E-state index is 6.37. The standard InChI is InChI=1S/C15H22N2/c1-10-6-7-11(17-9-10)8-14(16)15-12-4-2-3-5-13(12)15/h6-7,9,12-15H,2-5,8,16H2,1H3. The van der Waals surface area contributed by atoms with Crippen LogP contribution in [0, 0.1) is 24.7 Å². The molecule has 0 aromatic carbocycles. The summed E-state index contributed by atoms with van der Waals surface area (Å²) in [5.41, 5.74) is 8.75. The molecule has 0 spiro atoms. The Morgan fingerprint density at radius 2 is 2.00 bits per heavy atom. The van der Waals surface area contributed by atoms with E-state index in [1.807, 2.05) is 6.20 Å². The highest BCUT2D eigenvalue weighted by Crippen LogP contribution is 2.56. The summed E-state index contributed by atoms with van der Waals surface area (Å²) in [5, 5.41) is 0. The van der Waals surface area contributed by atoms with Gasteiger partial charge in [0.15, 0.2) is 0 Å². The summed E-state index contributed by atoms with van der Waals surface area (Å²) >= 11 is 0. The van der Waals surface area contributed by atoms with Gasteiger partial charge in [0.25, 0.3) is 0 Å². The second-order valence-electron chi connectivity index (χ2n) is 5.88. The zero-order valence-corrected chi connectivity index (χ0v) is 10.6. The van der Waals surface area contributed by atoms with E-state index >= 15 is 0 Å². The van der Waals surface area contributed by atoms with Gasteiger partial charge in [0.05, 0.1) is 0 Å². The van der Waals surface area contributed by atoms with E-state index < -0.39 is 0 Å². The molecule has 0 radical (unpaired) electrons. The van der Waals surface area contributed by atoms with Crippen molar-refractivity contribution in [3.63, 3.8) is 0 Å². The number of nitrogens with zero attached hydrogens (tertiary/aromatic N) is 1. The first kappa shape index (κ1) is 11.2. The molecule has 2 heteroatoms. The van der Waals surface area contributed by atoms with Crippen molar-refractivity contribution in [3.05, 3.63) is 29.6 Å². The van der Waals surface area contributed by atoms with Crippen molar-refractivity contribution in [1.29, 1.82) is 0 Å². The van der Waals surface area contributed by atoms with Gasteiger partial charge in [-0.05, 0) is 49.1 Å². The molecule has 3 unspecified atom stereocenters. The average molecular weight is 230 g/mol. The molecule has 2 nitrogen and oxygen atoms in total. The quantitative estimate of drug-likeness (QED) is 0.867. The van der Waals surface area contributed by atoms with Crippen molar-refractivity contribution in [1.82, 2.24) is 4.98 Å². The lowest BCUT2D eigenvalue weighted by Crippen LogP contribution is -2.27. The predicted octanol–water partition coefficient (Wildman–Crippen LogP) is 2.70. The van der Waals surface area contributed by atoms with Crippen molar-refractivity contribution in [3.8, 4) is 0 Å². The van der Waals surface area contributed by atoms with E-state index in [-0.39, 0.29) is 0 Å². The average Bonchev–Trinajstić information content (AvgIpc) is 3.06. The molecule has 0 saturated heterocycles. The molecule has 2 saturated carbocycles. The van der Waals surface area contributed by atoms with Gasteiger partial charge in [-0.3, -0.25) is 4.98 Å². The molecule has 2 aliphatic rings. The number of aryl methyl sites for hydroxylation is 1. The Morgan fingerprint density at radius 3 is 2.59 bits per heavy atom. The third-order valence-electron chi connectivity index (χ3n) is 4.63. The van der Waals surface area contributed by atoms with Crippen LogP contribution in [0.3, 0.4) is 0 Å². The van der Waals surface area contributed by atoms with Gasteiger partial charge in [0.2, 0.25) is 0 Å². The first-order valence-electron chi connectivity index (χ1n) is 6.93. The lowest BCUT2D eigenvalue weighted by atomic mass is 10.0. The summed E-state index contributed by atoms with van der Waals surface area (Å²) in [4.78, 5) is 4.47. The van der Waals surface area contributed by atoms with Crippen LogP contribution in [0.1, 0.15) is 36.9 Å².